The van der Waals surface area contributed by atoms with E-state index < -0.39 is 12.7 Å². The highest BCUT2D eigenvalue weighted by atomic mass is 127. The first-order valence-electron chi connectivity index (χ1n) is 6.16. The smallest absolute Gasteiger partial charge is 0.418 e. The Morgan fingerprint density at radius 1 is 1.00 bits per heavy atom. The predicted molar refractivity (Wildman–Crippen MR) is 68.9 cm³/mol. The molecule has 0 saturated carbocycles. The molecular formula is C12H18BF4IO3. The van der Waals surface area contributed by atoms with Crippen molar-refractivity contribution < 1.29 is 55.2 Å². The number of hydrogen-bond acceptors (Lipinski definition) is 3. The first-order valence-corrected chi connectivity index (χ1v) is 7.33. The number of halogens is 5. The van der Waals surface area contributed by atoms with Gasteiger partial charge >= 0.3 is 7.25 Å². The zero-order valence-corrected chi connectivity index (χ0v) is 13.5. The third-order valence-electron chi connectivity index (χ3n) is 2.88. The van der Waals surface area contributed by atoms with Crippen LogP contribution < -0.4 is 22.6 Å². The van der Waals surface area contributed by atoms with Gasteiger partial charge in [0, 0.05) is 17.6 Å². The van der Waals surface area contributed by atoms with E-state index in [2.05, 4.69) is 0 Å². The molecule has 1 aromatic carbocycles. The summed E-state index contributed by atoms with van der Waals surface area (Å²) in [6, 6.07) is 7.75. The van der Waals surface area contributed by atoms with E-state index in [4.69, 9.17) is 5.11 Å². The predicted octanol–water partition coefficient (Wildman–Crippen LogP) is -1.56. The van der Waals surface area contributed by atoms with Crippen molar-refractivity contribution in [3.8, 4) is 0 Å². The lowest BCUT2D eigenvalue weighted by Gasteiger charge is -2.29. The summed E-state index contributed by atoms with van der Waals surface area (Å²) < 4.78 is 40.1. The van der Waals surface area contributed by atoms with Crippen LogP contribution in [0, 0.1) is 3.57 Å². The third-order valence-corrected chi connectivity index (χ3v) is 3.89. The fourth-order valence-corrected chi connectivity index (χ4v) is 2.87. The van der Waals surface area contributed by atoms with E-state index in [1.165, 1.54) is 0 Å². The van der Waals surface area contributed by atoms with Crippen LogP contribution in [0.5, 0.6) is 0 Å². The van der Waals surface area contributed by atoms with Gasteiger partial charge in [0.25, 0.3) is 22.6 Å². The molecule has 0 saturated heterocycles. The summed E-state index contributed by atoms with van der Waals surface area (Å²) in [5.41, 5.74) is 0.342. The van der Waals surface area contributed by atoms with E-state index in [1.807, 2.05) is 46.9 Å². The average Bonchev–Trinajstić information content (AvgIpc) is 2.40. The minimum absolute atomic E-state index is 0.0778. The quantitative estimate of drug-likeness (QED) is 0.294. The average molecular weight is 424 g/mol. The summed E-state index contributed by atoms with van der Waals surface area (Å²) >= 11 is 1.89. The summed E-state index contributed by atoms with van der Waals surface area (Å²) in [4.78, 5) is 0. The summed E-state index contributed by atoms with van der Waals surface area (Å²) in [5.74, 6) is 0. The van der Waals surface area contributed by atoms with Gasteiger partial charge in [-0.15, -0.1) is 0 Å². The van der Waals surface area contributed by atoms with Crippen LogP contribution in [0.4, 0.5) is 17.3 Å². The molecule has 0 radical (unpaired) electrons. The van der Waals surface area contributed by atoms with Crippen molar-refractivity contribution in [2.75, 3.05) is 19.8 Å². The summed E-state index contributed by atoms with van der Waals surface area (Å²) in [6.07, 6.45) is 1.17. The van der Waals surface area contributed by atoms with Gasteiger partial charge < -0.3 is 32.6 Å². The molecule has 0 heterocycles. The first-order chi connectivity index (χ1) is 9.70. The Morgan fingerprint density at radius 2 is 1.48 bits per heavy atom. The minimum Gasteiger partial charge on any atom is -0.418 e. The molecule has 0 aliphatic carbocycles. The fourth-order valence-electron chi connectivity index (χ4n) is 1.84. The molecule has 0 spiro atoms. The maximum Gasteiger partial charge on any atom is 0.673 e. The van der Waals surface area contributed by atoms with Crippen LogP contribution in [0.15, 0.2) is 24.3 Å². The van der Waals surface area contributed by atoms with E-state index in [0.717, 1.165) is 9.13 Å². The highest BCUT2D eigenvalue weighted by Crippen LogP contribution is 2.28. The zero-order chi connectivity index (χ0) is 16.5. The molecule has 0 unspecified atom stereocenters. The van der Waals surface area contributed by atoms with Gasteiger partial charge in [0.05, 0.1) is 13.2 Å². The lowest BCUT2D eigenvalue weighted by Crippen LogP contribution is -3.34. The number of hydrogen-bond donors (Lipinski definition) is 3. The largest absolute Gasteiger partial charge is 0.673 e. The second kappa shape index (κ2) is 9.60. The molecular weight excluding hydrogens is 406 g/mol. The topological polar surface area (TPSA) is 60.7 Å². The lowest BCUT2D eigenvalue weighted by atomic mass is 9.78. The molecule has 0 aromatic heterocycles. The van der Waals surface area contributed by atoms with Crippen molar-refractivity contribution in [1.29, 1.82) is 0 Å². The molecule has 3 nitrogen and oxygen atoms in total. The number of aliphatic hydroxyl groups is 3. The van der Waals surface area contributed by atoms with Gasteiger partial charge in [-0.05, 0) is 18.9 Å². The molecule has 9 heteroatoms. The van der Waals surface area contributed by atoms with Crippen LogP contribution in [0.3, 0.4) is 0 Å². The lowest BCUT2D eigenvalue weighted by molar-refractivity contribution is -0.331. The highest BCUT2D eigenvalue weighted by Gasteiger charge is 2.34. The second-order valence-electron chi connectivity index (χ2n) is 4.41. The third kappa shape index (κ3) is 7.98. The summed E-state index contributed by atoms with van der Waals surface area (Å²) in [6.45, 7) is -0.125. The number of benzene rings is 1. The van der Waals surface area contributed by atoms with Crippen molar-refractivity contribution in [1.82, 2.24) is 0 Å². The molecule has 3 N–H and O–H groups in total. The van der Waals surface area contributed by atoms with Crippen molar-refractivity contribution in [2.24, 2.45) is 0 Å². The van der Waals surface area contributed by atoms with Gasteiger partial charge in [-0.3, -0.25) is 0 Å². The Kier molecular flexibility index (Phi) is 9.42. The molecule has 0 atom stereocenters. The fraction of sp³-hybridized carbons (Fsp3) is 0.500. The van der Waals surface area contributed by atoms with Gasteiger partial charge in [-0.1, -0.05) is 18.2 Å². The zero-order valence-electron chi connectivity index (χ0n) is 11.2. The van der Waals surface area contributed by atoms with Crippen molar-refractivity contribution >= 4 is 7.25 Å². The molecule has 1 rings (SSSR count). The molecule has 0 aliphatic rings. The van der Waals surface area contributed by atoms with Gasteiger partial charge in [-0.25, -0.2) is 0 Å². The van der Waals surface area contributed by atoms with Crippen LogP contribution in [0.1, 0.15) is 18.4 Å². The molecule has 0 aliphatic heterocycles. The van der Waals surface area contributed by atoms with Crippen LogP contribution in [0.2, 0.25) is 0 Å². The Bertz CT molecular complexity index is 408. The molecule has 0 bridgehead atoms. The van der Waals surface area contributed by atoms with Crippen LogP contribution in [0.25, 0.3) is 0 Å². The standard InChI is InChI=1S/C12H18IO3.BF4/c13-11-5-2-1-4-10(11)12(8-15,9-16)6-3-7-14;2-1(3,4)5/h1-2,4-5,13-16H,3,6-9H2;/q+1;-1. The van der Waals surface area contributed by atoms with Gasteiger partial charge in [0.2, 0.25) is 0 Å². The summed E-state index contributed by atoms with van der Waals surface area (Å²) in [7, 11) is -6.00. The SMILES string of the molecule is F[B-](F)(F)F.OCCCC(CO)(CO)c1ccccc1[IH+]. The monoisotopic (exact) mass is 424 g/mol. The molecule has 0 fully saturated rings. The molecule has 21 heavy (non-hydrogen) atoms. The van der Waals surface area contributed by atoms with Gasteiger partial charge in [0.1, 0.15) is 0 Å². The van der Waals surface area contributed by atoms with Crippen LogP contribution in [-0.4, -0.2) is 42.4 Å². The van der Waals surface area contributed by atoms with Crippen molar-refractivity contribution in [3.05, 3.63) is 33.4 Å². The van der Waals surface area contributed by atoms with Crippen molar-refractivity contribution in [2.45, 2.75) is 18.3 Å². The maximum atomic E-state index is 9.75. The van der Waals surface area contributed by atoms with E-state index >= 15 is 0 Å². The van der Waals surface area contributed by atoms with E-state index in [-0.39, 0.29) is 19.8 Å². The number of aliphatic hydroxyl groups excluding tert-OH is 3. The maximum absolute atomic E-state index is 9.75. The Morgan fingerprint density at radius 3 is 1.86 bits per heavy atom. The molecule has 1 aromatic rings. The second-order valence-corrected chi connectivity index (χ2v) is 5.67. The normalized spacial score (nSPS) is 11.8. The number of rotatable bonds is 6. The van der Waals surface area contributed by atoms with Crippen LogP contribution >= 0.6 is 0 Å². The van der Waals surface area contributed by atoms with Gasteiger partial charge in [-0.2, -0.15) is 0 Å². The minimum atomic E-state index is -6.00. The van der Waals surface area contributed by atoms with E-state index in [9.17, 15) is 27.5 Å². The highest BCUT2D eigenvalue weighted by molar-refractivity contribution is 6.50. The summed E-state index contributed by atoms with van der Waals surface area (Å²) in [5, 5.41) is 28.0. The van der Waals surface area contributed by atoms with Crippen molar-refractivity contribution in [3.63, 3.8) is 0 Å². The van der Waals surface area contributed by atoms with Crippen LogP contribution in [-0.2, 0) is 5.41 Å². The van der Waals surface area contributed by atoms with E-state index in [1.54, 1.807) is 0 Å². The van der Waals surface area contributed by atoms with E-state index in [0.29, 0.717) is 12.8 Å². The first kappa shape index (κ1) is 20.6. The molecule has 0 amide bonds. The molecule has 122 valence electrons. The Hall–Kier alpha value is -0.385. The van der Waals surface area contributed by atoms with Gasteiger partial charge in [0.15, 0.2) is 3.57 Å². The Balaban J connectivity index is 0.000000690. The Labute approximate surface area is 134 Å².